The Labute approximate surface area is 166 Å². The van der Waals surface area contributed by atoms with Gasteiger partial charge in [-0.25, -0.2) is 8.42 Å². The number of aryl methyl sites for hydroxylation is 2. The summed E-state index contributed by atoms with van der Waals surface area (Å²) in [6.07, 6.45) is 1.75. The van der Waals surface area contributed by atoms with Crippen LogP contribution in [0.2, 0.25) is 0 Å². The van der Waals surface area contributed by atoms with Crippen LogP contribution in [0.15, 0.2) is 42.6 Å². The van der Waals surface area contributed by atoms with Crippen molar-refractivity contribution in [2.75, 3.05) is 24.6 Å². The molecule has 0 spiro atoms. The van der Waals surface area contributed by atoms with E-state index in [-0.39, 0.29) is 29.5 Å². The lowest BCUT2D eigenvalue weighted by atomic mass is 10.0. The van der Waals surface area contributed by atoms with Crippen LogP contribution in [0.3, 0.4) is 0 Å². The van der Waals surface area contributed by atoms with Crippen LogP contribution in [0.4, 0.5) is 0 Å². The van der Waals surface area contributed by atoms with Crippen molar-refractivity contribution >= 4 is 15.7 Å². The monoisotopic (exact) mass is 399 g/mol. The number of carbonyl (C=O) groups is 1. The molecule has 148 valence electrons. The topological polar surface area (TPSA) is 70.6 Å². The first kappa shape index (κ1) is 19.1. The summed E-state index contributed by atoms with van der Waals surface area (Å²) >= 11 is 0. The number of fused-ring (bicyclic) bond motifs is 1. The SMILES string of the molecule is Cc1cc(C)cc(C(=O)N2CCN(Cc3ccccn3)[C@@H]3CS(=O)(=O)C[C@@H]32)c1. The standard InChI is InChI=1S/C21H25N3O3S/c1-15-9-16(2)11-17(10-15)21(25)24-8-7-23(12-18-5-3-4-6-22-18)19-13-28(26,27)14-20(19)24/h3-6,9-11,19-20H,7-8,12-14H2,1-2H3/t19-,20+/m1/s1. The molecule has 0 saturated carbocycles. The fourth-order valence-electron chi connectivity index (χ4n) is 4.44. The van der Waals surface area contributed by atoms with Gasteiger partial charge in [-0.1, -0.05) is 23.3 Å². The van der Waals surface area contributed by atoms with Crippen molar-refractivity contribution in [1.82, 2.24) is 14.8 Å². The van der Waals surface area contributed by atoms with E-state index in [1.165, 1.54) is 0 Å². The molecule has 2 aliphatic rings. The van der Waals surface area contributed by atoms with Crippen LogP contribution >= 0.6 is 0 Å². The highest BCUT2D eigenvalue weighted by molar-refractivity contribution is 7.91. The number of nitrogens with zero attached hydrogens (tertiary/aromatic N) is 3. The number of rotatable bonds is 3. The van der Waals surface area contributed by atoms with Gasteiger partial charge in [-0.05, 0) is 38.1 Å². The molecule has 6 nitrogen and oxygen atoms in total. The predicted octanol–water partition coefficient (Wildman–Crippen LogP) is 1.82. The van der Waals surface area contributed by atoms with Gasteiger partial charge in [-0.15, -0.1) is 0 Å². The Bertz CT molecular complexity index is 971. The number of hydrogen-bond acceptors (Lipinski definition) is 5. The Morgan fingerprint density at radius 3 is 2.46 bits per heavy atom. The molecule has 1 aromatic carbocycles. The van der Waals surface area contributed by atoms with E-state index in [2.05, 4.69) is 9.88 Å². The maximum absolute atomic E-state index is 13.2. The van der Waals surface area contributed by atoms with Gasteiger partial charge in [-0.3, -0.25) is 14.7 Å². The van der Waals surface area contributed by atoms with Crippen LogP contribution in [0.5, 0.6) is 0 Å². The highest BCUT2D eigenvalue weighted by Gasteiger charge is 2.48. The van der Waals surface area contributed by atoms with E-state index in [1.54, 1.807) is 11.1 Å². The predicted molar refractivity (Wildman–Crippen MR) is 108 cm³/mol. The Kier molecular flexibility index (Phi) is 4.97. The zero-order valence-corrected chi connectivity index (χ0v) is 17.0. The molecule has 2 atom stereocenters. The summed E-state index contributed by atoms with van der Waals surface area (Å²) < 4.78 is 24.9. The molecular weight excluding hydrogens is 374 g/mol. The number of carbonyl (C=O) groups excluding carboxylic acids is 1. The van der Waals surface area contributed by atoms with Gasteiger partial charge in [0, 0.05) is 37.4 Å². The first-order valence-electron chi connectivity index (χ1n) is 9.56. The lowest BCUT2D eigenvalue weighted by Gasteiger charge is -2.43. The third-order valence-electron chi connectivity index (χ3n) is 5.61. The molecule has 7 heteroatoms. The molecule has 0 bridgehead atoms. The van der Waals surface area contributed by atoms with Crippen LogP contribution in [0.25, 0.3) is 0 Å². The second kappa shape index (κ2) is 7.29. The maximum Gasteiger partial charge on any atom is 0.254 e. The summed E-state index contributed by atoms with van der Waals surface area (Å²) in [6.45, 7) is 5.71. The smallest absolute Gasteiger partial charge is 0.254 e. The van der Waals surface area contributed by atoms with E-state index in [4.69, 9.17) is 0 Å². The normalized spacial score (nSPS) is 24.1. The molecule has 2 aromatic rings. The van der Waals surface area contributed by atoms with E-state index in [0.29, 0.717) is 25.2 Å². The molecule has 2 aliphatic heterocycles. The van der Waals surface area contributed by atoms with Crippen molar-refractivity contribution in [1.29, 1.82) is 0 Å². The fourth-order valence-corrected chi connectivity index (χ4v) is 6.45. The quantitative estimate of drug-likeness (QED) is 0.787. The fraction of sp³-hybridized carbons (Fsp3) is 0.429. The molecule has 1 aromatic heterocycles. The zero-order chi connectivity index (χ0) is 19.9. The number of aromatic nitrogens is 1. The number of piperazine rings is 1. The van der Waals surface area contributed by atoms with Crippen molar-refractivity contribution < 1.29 is 13.2 Å². The maximum atomic E-state index is 13.2. The number of hydrogen-bond donors (Lipinski definition) is 0. The summed E-state index contributed by atoms with van der Waals surface area (Å²) in [5.74, 6) is 0.0602. The summed E-state index contributed by atoms with van der Waals surface area (Å²) in [6, 6.07) is 11.1. The largest absolute Gasteiger partial charge is 0.332 e. The molecule has 0 aliphatic carbocycles. The van der Waals surface area contributed by atoms with Gasteiger partial charge < -0.3 is 4.90 Å². The third kappa shape index (κ3) is 3.82. The number of benzene rings is 1. The van der Waals surface area contributed by atoms with Crippen LogP contribution in [0.1, 0.15) is 27.2 Å². The Morgan fingerprint density at radius 2 is 1.79 bits per heavy atom. The average Bonchev–Trinajstić information content (AvgIpc) is 2.97. The van der Waals surface area contributed by atoms with Gasteiger partial charge in [0.2, 0.25) is 0 Å². The first-order chi connectivity index (χ1) is 13.3. The average molecular weight is 400 g/mol. The van der Waals surface area contributed by atoms with Gasteiger partial charge >= 0.3 is 0 Å². The van der Waals surface area contributed by atoms with Gasteiger partial charge in [0.15, 0.2) is 9.84 Å². The van der Waals surface area contributed by atoms with E-state index in [1.807, 2.05) is 50.2 Å². The minimum atomic E-state index is -3.17. The van der Waals surface area contributed by atoms with Gasteiger partial charge in [-0.2, -0.15) is 0 Å². The zero-order valence-electron chi connectivity index (χ0n) is 16.2. The van der Waals surface area contributed by atoms with E-state index < -0.39 is 9.84 Å². The van der Waals surface area contributed by atoms with Gasteiger partial charge in [0.1, 0.15) is 0 Å². The molecular formula is C21H25N3O3S. The highest BCUT2D eigenvalue weighted by atomic mass is 32.2. The van der Waals surface area contributed by atoms with Crippen molar-refractivity contribution in [2.24, 2.45) is 0 Å². The molecule has 28 heavy (non-hydrogen) atoms. The van der Waals surface area contributed by atoms with Crippen LogP contribution in [-0.4, -0.2) is 65.8 Å². The highest BCUT2D eigenvalue weighted by Crippen LogP contribution is 2.29. The lowest BCUT2D eigenvalue weighted by Crippen LogP contribution is -2.60. The van der Waals surface area contributed by atoms with Gasteiger partial charge in [0.05, 0.1) is 23.2 Å². The third-order valence-corrected chi connectivity index (χ3v) is 7.31. The number of amides is 1. The van der Waals surface area contributed by atoms with Crippen molar-refractivity contribution in [3.63, 3.8) is 0 Å². The van der Waals surface area contributed by atoms with Crippen molar-refractivity contribution in [2.45, 2.75) is 32.5 Å². The molecule has 2 saturated heterocycles. The van der Waals surface area contributed by atoms with E-state index in [0.717, 1.165) is 16.8 Å². The van der Waals surface area contributed by atoms with Crippen LogP contribution in [0, 0.1) is 13.8 Å². The van der Waals surface area contributed by atoms with Gasteiger partial charge in [0.25, 0.3) is 5.91 Å². The Balaban J connectivity index is 1.60. The summed E-state index contributed by atoms with van der Waals surface area (Å²) in [7, 11) is -3.17. The molecule has 1 amide bonds. The van der Waals surface area contributed by atoms with Crippen molar-refractivity contribution in [3.05, 3.63) is 65.0 Å². The molecule has 0 unspecified atom stereocenters. The van der Waals surface area contributed by atoms with E-state index in [9.17, 15) is 13.2 Å². The summed E-state index contributed by atoms with van der Waals surface area (Å²) in [5, 5.41) is 0. The lowest BCUT2D eigenvalue weighted by molar-refractivity contribution is 0.0302. The second-order valence-electron chi connectivity index (χ2n) is 7.88. The second-order valence-corrected chi connectivity index (χ2v) is 10.0. The first-order valence-corrected chi connectivity index (χ1v) is 11.4. The molecule has 0 N–H and O–H groups in total. The minimum Gasteiger partial charge on any atom is -0.332 e. The number of pyridine rings is 1. The molecule has 0 radical (unpaired) electrons. The number of sulfone groups is 1. The summed E-state index contributed by atoms with van der Waals surface area (Å²) in [4.78, 5) is 21.5. The molecule has 3 heterocycles. The Hall–Kier alpha value is -2.25. The van der Waals surface area contributed by atoms with E-state index >= 15 is 0 Å². The Morgan fingerprint density at radius 1 is 1.07 bits per heavy atom. The molecule has 4 rings (SSSR count). The van der Waals surface area contributed by atoms with Crippen molar-refractivity contribution in [3.8, 4) is 0 Å². The minimum absolute atomic E-state index is 0.0346. The van der Waals surface area contributed by atoms with Crippen LogP contribution in [-0.2, 0) is 16.4 Å². The van der Waals surface area contributed by atoms with Crippen LogP contribution < -0.4 is 0 Å². The summed E-state index contributed by atoms with van der Waals surface area (Å²) in [5.41, 5.74) is 3.62. The molecule has 2 fully saturated rings.